The molecule has 0 saturated heterocycles. The lowest BCUT2D eigenvalue weighted by molar-refractivity contribution is 0.0950. The summed E-state index contributed by atoms with van der Waals surface area (Å²) in [6.45, 7) is 6.00. The summed E-state index contributed by atoms with van der Waals surface area (Å²) in [4.78, 5) is 17.1. The standard InChI is InChI=1S/C13H14BrN3OS/c1-7-4-11(9(3)19-7)8(2)16-17-13(18)12-5-10(14)6-15-12/h4-6,15H,1-3H3,(H,17,18)/b16-8-. The van der Waals surface area contributed by atoms with Gasteiger partial charge in [0.05, 0.1) is 5.71 Å². The highest BCUT2D eigenvalue weighted by Crippen LogP contribution is 2.21. The quantitative estimate of drug-likeness (QED) is 0.651. The molecule has 0 aromatic carbocycles. The molecule has 0 spiro atoms. The maximum Gasteiger partial charge on any atom is 0.287 e. The third-order valence-electron chi connectivity index (χ3n) is 2.65. The van der Waals surface area contributed by atoms with Crippen LogP contribution >= 0.6 is 27.3 Å². The van der Waals surface area contributed by atoms with E-state index in [4.69, 9.17) is 0 Å². The van der Waals surface area contributed by atoms with Crippen LogP contribution in [0, 0.1) is 13.8 Å². The van der Waals surface area contributed by atoms with Crippen molar-refractivity contribution in [3.63, 3.8) is 0 Å². The summed E-state index contributed by atoms with van der Waals surface area (Å²) in [5.41, 5.74) is 4.91. The third kappa shape index (κ3) is 3.33. The molecule has 0 bridgehead atoms. The zero-order chi connectivity index (χ0) is 14.0. The van der Waals surface area contributed by atoms with Gasteiger partial charge in [-0.3, -0.25) is 4.79 Å². The van der Waals surface area contributed by atoms with E-state index < -0.39 is 0 Å². The van der Waals surface area contributed by atoms with Gasteiger partial charge in [0.25, 0.3) is 5.91 Å². The summed E-state index contributed by atoms with van der Waals surface area (Å²) in [7, 11) is 0. The van der Waals surface area contributed by atoms with Crippen LogP contribution in [0.1, 0.15) is 32.7 Å². The lowest BCUT2D eigenvalue weighted by Crippen LogP contribution is -2.19. The molecule has 4 nitrogen and oxygen atoms in total. The Morgan fingerprint density at radius 3 is 2.68 bits per heavy atom. The van der Waals surface area contributed by atoms with Gasteiger partial charge in [0.15, 0.2) is 0 Å². The number of hydrogen-bond acceptors (Lipinski definition) is 3. The molecule has 6 heteroatoms. The Labute approximate surface area is 124 Å². The van der Waals surface area contributed by atoms with Gasteiger partial charge in [-0.2, -0.15) is 5.10 Å². The van der Waals surface area contributed by atoms with Crippen LogP contribution in [-0.2, 0) is 0 Å². The Bertz CT molecular complexity index is 642. The van der Waals surface area contributed by atoms with Gasteiger partial charge in [-0.05, 0) is 48.8 Å². The second-order valence-corrected chi connectivity index (χ2v) is 6.57. The van der Waals surface area contributed by atoms with Crippen LogP contribution in [0.5, 0.6) is 0 Å². The highest BCUT2D eigenvalue weighted by atomic mass is 79.9. The van der Waals surface area contributed by atoms with Gasteiger partial charge in [0, 0.05) is 26.0 Å². The number of aromatic nitrogens is 1. The van der Waals surface area contributed by atoms with E-state index in [1.165, 1.54) is 9.75 Å². The van der Waals surface area contributed by atoms with E-state index in [9.17, 15) is 4.79 Å². The monoisotopic (exact) mass is 339 g/mol. The number of carbonyl (C=O) groups is 1. The molecule has 2 heterocycles. The zero-order valence-electron chi connectivity index (χ0n) is 10.9. The van der Waals surface area contributed by atoms with Crippen molar-refractivity contribution >= 4 is 38.9 Å². The first-order chi connectivity index (χ1) is 8.97. The van der Waals surface area contributed by atoms with Crippen LogP contribution in [0.4, 0.5) is 0 Å². The molecule has 0 fully saturated rings. The van der Waals surface area contributed by atoms with Gasteiger partial charge in [0.1, 0.15) is 5.69 Å². The normalized spacial score (nSPS) is 11.7. The topological polar surface area (TPSA) is 57.2 Å². The summed E-state index contributed by atoms with van der Waals surface area (Å²) < 4.78 is 0.836. The van der Waals surface area contributed by atoms with E-state index in [0.29, 0.717) is 5.69 Å². The number of aryl methyl sites for hydroxylation is 2. The Kier molecular flexibility index (Phi) is 4.21. The highest BCUT2D eigenvalue weighted by molar-refractivity contribution is 9.10. The Morgan fingerprint density at radius 1 is 1.42 bits per heavy atom. The molecule has 2 N–H and O–H groups in total. The van der Waals surface area contributed by atoms with Crippen LogP contribution in [0.3, 0.4) is 0 Å². The van der Waals surface area contributed by atoms with Crippen LogP contribution in [0.25, 0.3) is 0 Å². The predicted octanol–water partition coefficient (Wildman–Crippen LogP) is 3.61. The number of H-pyrrole nitrogens is 1. The molecule has 1 amide bonds. The lowest BCUT2D eigenvalue weighted by Gasteiger charge is -2.01. The fourth-order valence-electron chi connectivity index (χ4n) is 1.74. The van der Waals surface area contributed by atoms with Crippen molar-refractivity contribution in [1.29, 1.82) is 0 Å². The fourth-order valence-corrected chi connectivity index (χ4v) is 3.06. The Balaban J connectivity index is 2.10. The first kappa shape index (κ1) is 14.0. The van der Waals surface area contributed by atoms with Crippen molar-refractivity contribution in [1.82, 2.24) is 10.4 Å². The molecule has 0 unspecified atom stereocenters. The largest absolute Gasteiger partial charge is 0.356 e. The smallest absolute Gasteiger partial charge is 0.287 e. The molecule has 0 aliphatic rings. The first-order valence-electron chi connectivity index (χ1n) is 5.73. The minimum atomic E-state index is -0.255. The minimum absolute atomic E-state index is 0.255. The van der Waals surface area contributed by atoms with Gasteiger partial charge < -0.3 is 4.98 Å². The molecule has 19 heavy (non-hydrogen) atoms. The number of halogens is 1. The molecule has 0 aliphatic heterocycles. The number of carbonyl (C=O) groups excluding carboxylic acids is 1. The van der Waals surface area contributed by atoms with Crippen molar-refractivity contribution in [2.45, 2.75) is 20.8 Å². The Hall–Kier alpha value is -1.40. The average molecular weight is 340 g/mol. The number of nitrogens with zero attached hydrogens (tertiary/aromatic N) is 1. The molecule has 0 saturated carbocycles. The first-order valence-corrected chi connectivity index (χ1v) is 7.34. The van der Waals surface area contributed by atoms with Crippen LogP contribution < -0.4 is 5.43 Å². The number of rotatable bonds is 3. The summed E-state index contributed by atoms with van der Waals surface area (Å²) in [6, 6.07) is 3.79. The average Bonchev–Trinajstić information content (AvgIpc) is 2.92. The van der Waals surface area contributed by atoms with E-state index in [2.05, 4.69) is 51.4 Å². The van der Waals surface area contributed by atoms with Gasteiger partial charge in [-0.1, -0.05) is 0 Å². The number of hydrogen-bond donors (Lipinski definition) is 2. The van der Waals surface area contributed by atoms with Crippen molar-refractivity contribution in [3.8, 4) is 0 Å². The molecule has 0 atom stereocenters. The van der Waals surface area contributed by atoms with Crippen molar-refractivity contribution in [2.75, 3.05) is 0 Å². The third-order valence-corrected chi connectivity index (χ3v) is 4.07. The number of thiophene rings is 1. The predicted molar refractivity (Wildman–Crippen MR) is 82.0 cm³/mol. The lowest BCUT2D eigenvalue weighted by atomic mass is 10.2. The highest BCUT2D eigenvalue weighted by Gasteiger charge is 2.09. The molecule has 2 aromatic heterocycles. The summed E-state index contributed by atoms with van der Waals surface area (Å²) >= 11 is 5.01. The van der Waals surface area contributed by atoms with E-state index in [0.717, 1.165) is 15.7 Å². The number of amides is 1. The summed E-state index contributed by atoms with van der Waals surface area (Å²) in [6.07, 6.45) is 1.71. The van der Waals surface area contributed by atoms with Crippen LogP contribution in [-0.4, -0.2) is 16.6 Å². The zero-order valence-corrected chi connectivity index (χ0v) is 13.3. The molecule has 100 valence electrons. The summed E-state index contributed by atoms with van der Waals surface area (Å²) in [5.74, 6) is -0.255. The maximum absolute atomic E-state index is 11.8. The molecule has 0 aliphatic carbocycles. The SMILES string of the molecule is C/C(=N/NC(=O)c1cc(Br)c[nH]1)c1cc(C)sc1C. The number of nitrogens with one attached hydrogen (secondary N) is 2. The Morgan fingerprint density at radius 2 is 2.16 bits per heavy atom. The second-order valence-electron chi connectivity index (χ2n) is 4.20. The summed E-state index contributed by atoms with van der Waals surface area (Å²) in [5, 5.41) is 4.14. The fraction of sp³-hybridized carbons (Fsp3) is 0.231. The number of aromatic amines is 1. The van der Waals surface area contributed by atoms with Gasteiger partial charge in [-0.15, -0.1) is 11.3 Å². The van der Waals surface area contributed by atoms with Gasteiger partial charge in [-0.25, -0.2) is 5.43 Å². The van der Waals surface area contributed by atoms with E-state index in [-0.39, 0.29) is 5.91 Å². The van der Waals surface area contributed by atoms with Crippen LogP contribution in [0.15, 0.2) is 27.9 Å². The number of hydrazone groups is 1. The van der Waals surface area contributed by atoms with E-state index in [1.54, 1.807) is 23.6 Å². The maximum atomic E-state index is 11.8. The molecular formula is C13H14BrN3OS. The van der Waals surface area contributed by atoms with E-state index in [1.807, 2.05) is 6.92 Å². The molecule has 0 radical (unpaired) electrons. The van der Waals surface area contributed by atoms with Crippen molar-refractivity contribution < 1.29 is 4.79 Å². The minimum Gasteiger partial charge on any atom is -0.356 e. The molecule has 2 aromatic rings. The second kappa shape index (κ2) is 5.71. The van der Waals surface area contributed by atoms with Crippen molar-refractivity contribution in [2.24, 2.45) is 5.10 Å². The van der Waals surface area contributed by atoms with Crippen molar-refractivity contribution in [3.05, 3.63) is 43.8 Å². The van der Waals surface area contributed by atoms with Crippen LogP contribution in [0.2, 0.25) is 0 Å². The molecular weight excluding hydrogens is 326 g/mol. The van der Waals surface area contributed by atoms with E-state index >= 15 is 0 Å². The van der Waals surface area contributed by atoms with Gasteiger partial charge in [0.2, 0.25) is 0 Å². The molecule has 2 rings (SSSR count). The van der Waals surface area contributed by atoms with Gasteiger partial charge >= 0.3 is 0 Å².